The molecule has 0 aromatic carbocycles. The highest BCUT2D eigenvalue weighted by Gasteiger charge is 2.26. The van der Waals surface area contributed by atoms with Gasteiger partial charge in [-0.1, -0.05) is 13.8 Å². The largest absolute Gasteiger partial charge is 0.306 e. The van der Waals surface area contributed by atoms with E-state index in [2.05, 4.69) is 25.8 Å². The fourth-order valence-electron chi connectivity index (χ4n) is 1.87. The third-order valence-corrected chi connectivity index (χ3v) is 2.83. The summed E-state index contributed by atoms with van der Waals surface area (Å²) in [6, 6.07) is 0. The van der Waals surface area contributed by atoms with Crippen LogP contribution < -0.4 is 0 Å². The molecule has 0 aromatic heterocycles. The van der Waals surface area contributed by atoms with Gasteiger partial charge >= 0.3 is 0 Å². The summed E-state index contributed by atoms with van der Waals surface area (Å²) >= 11 is 0. The zero-order chi connectivity index (χ0) is 7.61. The minimum Gasteiger partial charge on any atom is -0.306 e. The number of hydrogen-bond donors (Lipinski definition) is 0. The van der Waals surface area contributed by atoms with Crippen molar-refractivity contribution in [3.05, 3.63) is 0 Å². The molecule has 1 atom stereocenters. The Kier molecular flexibility index (Phi) is 2.35. The predicted molar refractivity (Wildman–Crippen MR) is 45.1 cm³/mol. The van der Waals surface area contributed by atoms with Gasteiger partial charge in [0, 0.05) is 6.54 Å². The lowest BCUT2D eigenvalue weighted by molar-refractivity contribution is 0.122. The van der Waals surface area contributed by atoms with Crippen LogP contribution in [0.5, 0.6) is 0 Å². The fourth-order valence-corrected chi connectivity index (χ4v) is 1.87. The second kappa shape index (κ2) is 2.91. The van der Waals surface area contributed by atoms with Crippen molar-refractivity contribution in [2.24, 2.45) is 5.41 Å². The lowest BCUT2D eigenvalue weighted by Gasteiger charge is -2.38. The number of rotatable bonds is 1. The highest BCUT2D eigenvalue weighted by atomic mass is 15.1. The summed E-state index contributed by atoms with van der Waals surface area (Å²) < 4.78 is 0. The Balaban J connectivity index is 2.45. The summed E-state index contributed by atoms with van der Waals surface area (Å²) in [7, 11) is 2.23. The Hall–Kier alpha value is -0.0400. The second-order valence-electron chi connectivity index (χ2n) is 4.01. The highest BCUT2D eigenvalue weighted by molar-refractivity contribution is 4.80. The summed E-state index contributed by atoms with van der Waals surface area (Å²) in [5, 5.41) is 0. The van der Waals surface area contributed by atoms with Crippen LogP contribution in [0.4, 0.5) is 0 Å². The van der Waals surface area contributed by atoms with Gasteiger partial charge in [-0.05, 0) is 38.3 Å². The topological polar surface area (TPSA) is 3.24 Å². The van der Waals surface area contributed by atoms with E-state index in [1.807, 2.05) is 0 Å². The van der Waals surface area contributed by atoms with E-state index >= 15 is 0 Å². The van der Waals surface area contributed by atoms with Crippen molar-refractivity contribution in [2.75, 3.05) is 20.1 Å². The highest BCUT2D eigenvalue weighted by Crippen LogP contribution is 2.31. The molecular weight excluding hydrogens is 122 g/mol. The molecule has 1 heteroatoms. The molecule has 1 saturated heterocycles. The van der Waals surface area contributed by atoms with Gasteiger partial charge in [0.2, 0.25) is 0 Å². The first-order chi connectivity index (χ1) is 4.66. The van der Waals surface area contributed by atoms with Crippen LogP contribution in [0.3, 0.4) is 0 Å². The summed E-state index contributed by atoms with van der Waals surface area (Å²) in [5.74, 6) is 0. The fraction of sp³-hybridized carbons (Fsp3) is 1.00. The maximum atomic E-state index is 2.45. The van der Waals surface area contributed by atoms with Gasteiger partial charge in [-0.2, -0.15) is 0 Å². The molecular formula is C9H19N. The van der Waals surface area contributed by atoms with Crippen LogP contribution in [0, 0.1) is 5.41 Å². The van der Waals surface area contributed by atoms with Gasteiger partial charge < -0.3 is 4.90 Å². The van der Waals surface area contributed by atoms with Crippen LogP contribution in [-0.4, -0.2) is 25.0 Å². The molecule has 0 aromatic rings. The number of likely N-dealkylation sites (tertiary alicyclic amines) is 1. The van der Waals surface area contributed by atoms with E-state index in [4.69, 9.17) is 0 Å². The quantitative estimate of drug-likeness (QED) is 0.540. The minimum absolute atomic E-state index is 0.618. The molecule has 1 heterocycles. The van der Waals surface area contributed by atoms with Crippen LogP contribution in [0.1, 0.15) is 33.1 Å². The number of nitrogens with zero attached hydrogens (tertiary/aromatic N) is 1. The van der Waals surface area contributed by atoms with E-state index in [1.54, 1.807) is 0 Å². The van der Waals surface area contributed by atoms with E-state index in [0.717, 1.165) is 0 Å². The third kappa shape index (κ3) is 1.72. The maximum absolute atomic E-state index is 2.45. The van der Waals surface area contributed by atoms with Crippen molar-refractivity contribution < 1.29 is 0 Å². The van der Waals surface area contributed by atoms with Crippen molar-refractivity contribution >= 4 is 0 Å². The van der Waals surface area contributed by atoms with Crippen LogP contribution >= 0.6 is 0 Å². The molecule has 0 saturated carbocycles. The van der Waals surface area contributed by atoms with Crippen molar-refractivity contribution in [1.82, 2.24) is 4.90 Å². The Morgan fingerprint density at radius 3 is 2.60 bits per heavy atom. The van der Waals surface area contributed by atoms with Gasteiger partial charge in [0.25, 0.3) is 0 Å². The van der Waals surface area contributed by atoms with Gasteiger partial charge in [-0.3, -0.25) is 0 Å². The Morgan fingerprint density at radius 1 is 1.50 bits per heavy atom. The first kappa shape index (κ1) is 8.06. The smallest absolute Gasteiger partial charge is 0.00322 e. The molecule has 0 spiro atoms. The maximum Gasteiger partial charge on any atom is 0.00322 e. The molecule has 0 bridgehead atoms. The first-order valence-electron chi connectivity index (χ1n) is 4.35. The molecule has 60 valence electrons. The van der Waals surface area contributed by atoms with E-state index in [-0.39, 0.29) is 0 Å². The molecule has 0 radical (unpaired) electrons. The summed E-state index contributed by atoms with van der Waals surface area (Å²) in [6.45, 7) is 7.31. The average molecular weight is 141 g/mol. The number of piperidine rings is 1. The molecule has 1 aliphatic heterocycles. The molecule has 0 amide bonds. The minimum atomic E-state index is 0.618. The number of hydrogen-bond acceptors (Lipinski definition) is 1. The molecule has 1 fully saturated rings. The molecule has 1 aliphatic rings. The summed E-state index contributed by atoms with van der Waals surface area (Å²) in [4.78, 5) is 2.45. The van der Waals surface area contributed by atoms with Crippen molar-refractivity contribution in [3.63, 3.8) is 0 Å². The standard InChI is InChI=1S/C9H19N/c1-4-9(2)6-5-7-10(3)8-9/h4-8H2,1-3H3/t9-/m1/s1. The molecule has 10 heavy (non-hydrogen) atoms. The van der Waals surface area contributed by atoms with Gasteiger partial charge in [-0.15, -0.1) is 0 Å². The summed E-state index contributed by atoms with van der Waals surface area (Å²) in [6.07, 6.45) is 4.14. The zero-order valence-electron chi connectivity index (χ0n) is 7.48. The lowest BCUT2D eigenvalue weighted by Crippen LogP contribution is -2.38. The first-order valence-corrected chi connectivity index (χ1v) is 4.35. The Labute approximate surface area is 64.4 Å². The van der Waals surface area contributed by atoms with Crippen molar-refractivity contribution in [2.45, 2.75) is 33.1 Å². The van der Waals surface area contributed by atoms with Crippen LogP contribution in [-0.2, 0) is 0 Å². The molecule has 0 aliphatic carbocycles. The summed E-state index contributed by atoms with van der Waals surface area (Å²) in [5.41, 5.74) is 0.618. The second-order valence-corrected chi connectivity index (χ2v) is 4.01. The normalized spacial score (nSPS) is 36.3. The van der Waals surface area contributed by atoms with E-state index in [1.165, 1.54) is 32.4 Å². The SMILES string of the molecule is CC[C@]1(C)CCCN(C)C1. The monoisotopic (exact) mass is 141 g/mol. The van der Waals surface area contributed by atoms with Gasteiger partial charge in [0.05, 0.1) is 0 Å². The lowest BCUT2D eigenvalue weighted by atomic mass is 9.80. The Bertz CT molecular complexity index is 111. The van der Waals surface area contributed by atoms with E-state index in [9.17, 15) is 0 Å². The van der Waals surface area contributed by atoms with Crippen LogP contribution in [0.2, 0.25) is 0 Å². The molecule has 0 unspecified atom stereocenters. The average Bonchev–Trinajstić information content (AvgIpc) is 1.88. The third-order valence-electron chi connectivity index (χ3n) is 2.83. The predicted octanol–water partition coefficient (Wildman–Crippen LogP) is 2.13. The van der Waals surface area contributed by atoms with Crippen LogP contribution in [0.15, 0.2) is 0 Å². The molecule has 1 rings (SSSR count). The van der Waals surface area contributed by atoms with E-state index in [0.29, 0.717) is 5.41 Å². The van der Waals surface area contributed by atoms with E-state index < -0.39 is 0 Å². The van der Waals surface area contributed by atoms with Crippen molar-refractivity contribution in [3.8, 4) is 0 Å². The van der Waals surface area contributed by atoms with Gasteiger partial charge in [0.1, 0.15) is 0 Å². The Morgan fingerprint density at radius 2 is 2.20 bits per heavy atom. The molecule has 0 N–H and O–H groups in total. The van der Waals surface area contributed by atoms with Crippen LogP contribution in [0.25, 0.3) is 0 Å². The zero-order valence-corrected chi connectivity index (χ0v) is 7.48. The molecule has 1 nitrogen and oxygen atoms in total. The van der Waals surface area contributed by atoms with Gasteiger partial charge in [-0.25, -0.2) is 0 Å². The van der Waals surface area contributed by atoms with Gasteiger partial charge in [0.15, 0.2) is 0 Å². The van der Waals surface area contributed by atoms with Crippen molar-refractivity contribution in [1.29, 1.82) is 0 Å².